The molecule has 0 heterocycles. The highest BCUT2D eigenvalue weighted by Crippen LogP contribution is 2.35. The lowest BCUT2D eigenvalue weighted by Gasteiger charge is -2.15. The molecule has 7 heteroatoms. The van der Waals surface area contributed by atoms with E-state index < -0.39 is 11.8 Å². The summed E-state index contributed by atoms with van der Waals surface area (Å²) in [5, 5.41) is 28.7. The molecule has 0 fully saturated rings. The quantitative estimate of drug-likeness (QED) is 0.274. The number of aliphatic carboxylic acids is 1. The Hall–Kier alpha value is -3.63. The summed E-state index contributed by atoms with van der Waals surface area (Å²) in [5.41, 5.74) is 1.80. The number of aliphatic hydroxyl groups is 1. The molecule has 2 N–H and O–H groups in total. The van der Waals surface area contributed by atoms with Crippen LogP contribution in [0.25, 0.3) is 11.1 Å². The molecule has 2 aromatic carbocycles. The molecule has 0 spiro atoms. The molecule has 0 aliphatic heterocycles. The smallest absolute Gasteiger partial charge is 0.339 e. The van der Waals surface area contributed by atoms with Crippen molar-refractivity contribution in [1.29, 1.82) is 5.26 Å². The predicted octanol–water partition coefficient (Wildman–Crippen LogP) is 4.40. The van der Waals surface area contributed by atoms with Crippen LogP contribution in [0.3, 0.4) is 0 Å². The van der Waals surface area contributed by atoms with Gasteiger partial charge in [-0.15, -0.1) is 0 Å². The Kier molecular flexibility index (Phi) is 8.15. The largest absolute Gasteiger partial charge is 0.507 e. The van der Waals surface area contributed by atoms with Gasteiger partial charge in [-0.1, -0.05) is 18.2 Å². The van der Waals surface area contributed by atoms with Gasteiger partial charge in [0.05, 0.1) is 23.8 Å². The second kappa shape index (κ2) is 10.8. The van der Waals surface area contributed by atoms with Gasteiger partial charge in [-0.05, 0) is 54.8 Å². The van der Waals surface area contributed by atoms with Crippen LogP contribution in [0.4, 0.5) is 4.39 Å². The number of nitrogens with zero attached hydrogens (tertiary/aromatic N) is 1. The topological polar surface area (TPSA) is 99.8 Å². The van der Waals surface area contributed by atoms with Gasteiger partial charge >= 0.3 is 5.97 Å². The molecule has 0 radical (unpaired) electrons. The van der Waals surface area contributed by atoms with Crippen LogP contribution in [0.5, 0.6) is 5.75 Å². The van der Waals surface area contributed by atoms with E-state index in [1.165, 1.54) is 38.3 Å². The van der Waals surface area contributed by atoms with Crippen molar-refractivity contribution in [3.8, 4) is 22.9 Å². The summed E-state index contributed by atoms with van der Waals surface area (Å²) in [5.74, 6) is -1.60. The fraction of sp³-hybridized carbons (Fsp3) is 0.217. The highest BCUT2D eigenvalue weighted by Gasteiger charge is 2.16. The van der Waals surface area contributed by atoms with E-state index in [4.69, 9.17) is 9.47 Å². The van der Waals surface area contributed by atoms with Crippen LogP contribution < -0.4 is 4.74 Å². The van der Waals surface area contributed by atoms with E-state index in [0.717, 1.165) is 0 Å². The summed E-state index contributed by atoms with van der Waals surface area (Å²) in [7, 11) is 1.54. The molecule has 0 aromatic heterocycles. The maximum Gasteiger partial charge on any atom is 0.339 e. The van der Waals surface area contributed by atoms with E-state index >= 15 is 0 Å². The van der Waals surface area contributed by atoms with Crippen LogP contribution in [0.15, 0.2) is 59.9 Å². The Balaban J connectivity index is 2.53. The van der Waals surface area contributed by atoms with Gasteiger partial charge in [-0.2, -0.15) is 5.26 Å². The standard InChI is InChI=1S/C23H22FNO5/c1-3-20(26)19(23(27)28)9-4-15-12-17(14-25)22(16-5-7-18(24)8-6-16)21(13-15)30-11-10-29-2/h3,5-9,12-13,26H,4,10-11H2,1-2H3,(H,27,28)/b19-9+,20-3+. The number of rotatable bonds is 9. The molecule has 0 atom stereocenters. The number of carbonyl (C=O) groups is 1. The summed E-state index contributed by atoms with van der Waals surface area (Å²) in [6, 6.07) is 11.1. The monoisotopic (exact) mass is 411 g/mol. The molecule has 0 unspecified atom stereocenters. The second-order valence-electron chi connectivity index (χ2n) is 6.28. The van der Waals surface area contributed by atoms with Gasteiger partial charge < -0.3 is 19.7 Å². The first-order valence-corrected chi connectivity index (χ1v) is 9.15. The molecule has 0 bridgehead atoms. The average molecular weight is 411 g/mol. The summed E-state index contributed by atoms with van der Waals surface area (Å²) < 4.78 is 24.1. The van der Waals surface area contributed by atoms with Crippen LogP contribution in [0.1, 0.15) is 18.1 Å². The molecule has 6 nitrogen and oxygen atoms in total. The number of methoxy groups -OCH3 is 1. The number of halogens is 1. The van der Waals surface area contributed by atoms with Gasteiger partial charge in [0.25, 0.3) is 0 Å². The predicted molar refractivity (Wildman–Crippen MR) is 110 cm³/mol. The summed E-state index contributed by atoms with van der Waals surface area (Å²) >= 11 is 0. The van der Waals surface area contributed by atoms with Crippen molar-refractivity contribution < 1.29 is 28.9 Å². The molecule has 156 valence electrons. The Bertz CT molecular complexity index is 1000. The highest BCUT2D eigenvalue weighted by molar-refractivity contribution is 5.91. The van der Waals surface area contributed by atoms with Gasteiger partial charge in [0, 0.05) is 12.7 Å². The van der Waals surface area contributed by atoms with E-state index in [-0.39, 0.29) is 24.4 Å². The van der Waals surface area contributed by atoms with Gasteiger partial charge in [-0.3, -0.25) is 0 Å². The lowest BCUT2D eigenvalue weighted by Crippen LogP contribution is -2.07. The van der Waals surface area contributed by atoms with Crippen molar-refractivity contribution >= 4 is 5.97 Å². The van der Waals surface area contributed by atoms with Crippen molar-refractivity contribution in [2.24, 2.45) is 0 Å². The number of carboxylic acids is 1. The minimum absolute atomic E-state index is 0.151. The highest BCUT2D eigenvalue weighted by atomic mass is 19.1. The molecule has 0 aliphatic carbocycles. The SMILES string of the molecule is C/C=C(O)\C(=C/Cc1cc(C#N)c(-c2ccc(F)cc2)c(OCCOC)c1)C(=O)O. The Morgan fingerprint density at radius 2 is 1.90 bits per heavy atom. The van der Waals surface area contributed by atoms with Crippen molar-refractivity contribution in [1.82, 2.24) is 0 Å². The summed E-state index contributed by atoms with van der Waals surface area (Å²) in [6.07, 6.45) is 2.81. The van der Waals surface area contributed by atoms with Crippen molar-refractivity contribution in [2.75, 3.05) is 20.3 Å². The third kappa shape index (κ3) is 5.69. The molecule has 2 rings (SSSR count). The summed E-state index contributed by atoms with van der Waals surface area (Å²) in [6.45, 7) is 2.08. The maximum atomic E-state index is 13.3. The van der Waals surface area contributed by atoms with E-state index in [0.29, 0.717) is 34.6 Å². The van der Waals surface area contributed by atoms with E-state index in [9.17, 15) is 24.7 Å². The molecule has 2 aromatic rings. The molecule has 0 aliphatic rings. The fourth-order valence-corrected chi connectivity index (χ4v) is 2.82. The van der Waals surface area contributed by atoms with Crippen LogP contribution >= 0.6 is 0 Å². The molecule has 0 amide bonds. The molecular formula is C23H22FNO5. The molecule has 30 heavy (non-hydrogen) atoms. The number of hydrogen-bond acceptors (Lipinski definition) is 5. The first kappa shape index (κ1) is 22.7. The zero-order chi connectivity index (χ0) is 22.1. The fourth-order valence-electron chi connectivity index (χ4n) is 2.82. The number of hydrogen-bond donors (Lipinski definition) is 2. The second-order valence-corrected chi connectivity index (χ2v) is 6.28. The lowest BCUT2D eigenvalue weighted by molar-refractivity contribution is -0.132. The van der Waals surface area contributed by atoms with Gasteiger partial charge in [0.2, 0.25) is 0 Å². The van der Waals surface area contributed by atoms with E-state index in [1.54, 1.807) is 24.3 Å². The molecular weight excluding hydrogens is 389 g/mol. The van der Waals surface area contributed by atoms with Crippen LogP contribution in [0.2, 0.25) is 0 Å². The molecule has 0 saturated carbocycles. The minimum Gasteiger partial charge on any atom is -0.507 e. The number of carboxylic acid groups (broad SMARTS) is 1. The number of ether oxygens (including phenoxy) is 2. The third-order valence-electron chi connectivity index (χ3n) is 4.28. The Morgan fingerprint density at radius 3 is 2.47 bits per heavy atom. The number of aliphatic hydroxyl groups excluding tert-OH is 1. The number of nitriles is 1. The van der Waals surface area contributed by atoms with Crippen molar-refractivity contribution in [3.63, 3.8) is 0 Å². The zero-order valence-corrected chi connectivity index (χ0v) is 16.7. The lowest BCUT2D eigenvalue weighted by atomic mass is 9.95. The van der Waals surface area contributed by atoms with Crippen LogP contribution in [-0.2, 0) is 16.0 Å². The van der Waals surface area contributed by atoms with Crippen LogP contribution in [-0.4, -0.2) is 36.5 Å². The number of benzene rings is 2. The average Bonchev–Trinajstić information content (AvgIpc) is 2.74. The van der Waals surface area contributed by atoms with Gasteiger partial charge in [-0.25, -0.2) is 9.18 Å². The zero-order valence-electron chi connectivity index (χ0n) is 16.7. The van der Waals surface area contributed by atoms with Gasteiger partial charge in [0.15, 0.2) is 0 Å². The van der Waals surface area contributed by atoms with Gasteiger partial charge in [0.1, 0.15) is 23.9 Å². The first-order chi connectivity index (χ1) is 14.4. The van der Waals surface area contributed by atoms with Crippen LogP contribution in [0, 0.1) is 17.1 Å². The van der Waals surface area contributed by atoms with E-state index in [2.05, 4.69) is 6.07 Å². The minimum atomic E-state index is -1.26. The Morgan fingerprint density at radius 1 is 1.20 bits per heavy atom. The third-order valence-corrected chi connectivity index (χ3v) is 4.28. The first-order valence-electron chi connectivity index (χ1n) is 9.15. The normalized spacial score (nSPS) is 11.8. The molecule has 0 saturated heterocycles. The van der Waals surface area contributed by atoms with Crippen molar-refractivity contribution in [3.05, 3.63) is 76.8 Å². The number of allylic oxidation sites excluding steroid dienone is 2. The summed E-state index contributed by atoms with van der Waals surface area (Å²) in [4.78, 5) is 11.4. The van der Waals surface area contributed by atoms with E-state index in [1.807, 2.05) is 0 Å². The maximum absolute atomic E-state index is 13.3. The Labute approximate surface area is 174 Å². The van der Waals surface area contributed by atoms with Crippen molar-refractivity contribution in [2.45, 2.75) is 13.3 Å².